The highest BCUT2D eigenvalue weighted by Gasteiger charge is 2.08. The van der Waals surface area contributed by atoms with Gasteiger partial charge < -0.3 is 14.6 Å². The Morgan fingerprint density at radius 2 is 2.19 bits per heavy atom. The van der Waals surface area contributed by atoms with E-state index in [2.05, 4.69) is 35.4 Å². The average molecular weight is 289 g/mol. The molecule has 0 aliphatic rings. The molecule has 1 aromatic heterocycles. The number of nitrogens with zero attached hydrogens (tertiary/aromatic N) is 2. The van der Waals surface area contributed by atoms with Crippen molar-refractivity contribution in [2.45, 2.75) is 46.3 Å². The van der Waals surface area contributed by atoms with Crippen molar-refractivity contribution < 1.29 is 9.26 Å². The summed E-state index contributed by atoms with van der Waals surface area (Å²) < 4.78 is 10.8. The van der Waals surface area contributed by atoms with Crippen LogP contribution in [0.25, 0.3) is 0 Å². The Balaban J connectivity index is 1.94. The van der Waals surface area contributed by atoms with Gasteiger partial charge in [0.25, 0.3) is 5.89 Å². The topological polar surface area (TPSA) is 60.2 Å². The van der Waals surface area contributed by atoms with Crippen LogP contribution >= 0.6 is 0 Å². The third-order valence-corrected chi connectivity index (χ3v) is 3.25. The number of ether oxygens (including phenoxy) is 1. The maximum atomic E-state index is 5.72. The van der Waals surface area contributed by atoms with Gasteiger partial charge in [-0.05, 0) is 37.6 Å². The van der Waals surface area contributed by atoms with Crippen molar-refractivity contribution in [1.29, 1.82) is 0 Å². The van der Waals surface area contributed by atoms with E-state index in [4.69, 9.17) is 9.26 Å². The molecular weight excluding hydrogens is 266 g/mol. The molecule has 0 aliphatic heterocycles. The minimum atomic E-state index is 0.299. The van der Waals surface area contributed by atoms with E-state index >= 15 is 0 Å². The molecule has 2 aromatic rings. The van der Waals surface area contributed by atoms with E-state index in [1.54, 1.807) is 0 Å². The number of hydrogen-bond acceptors (Lipinski definition) is 5. The summed E-state index contributed by atoms with van der Waals surface area (Å²) in [6, 6.07) is 8.39. The van der Waals surface area contributed by atoms with Crippen molar-refractivity contribution in [3.63, 3.8) is 0 Å². The van der Waals surface area contributed by atoms with E-state index in [0.29, 0.717) is 24.4 Å². The van der Waals surface area contributed by atoms with Gasteiger partial charge in [0.15, 0.2) is 12.4 Å². The summed E-state index contributed by atoms with van der Waals surface area (Å²) in [5, 5.41) is 7.31. The van der Waals surface area contributed by atoms with Crippen LogP contribution in [0.5, 0.6) is 5.75 Å². The summed E-state index contributed by atoms with van der Waals surface area (Å²) in [6.45, 7) is 7.61. The molecule has 1 unspecified atom stereocenters. The zero-order valence-corrected chi connectivity index (χ0v) is 12.9. The number of nitrogens with one attached hydrogen (secondary N) is 1. The number of aryl methyl sites for hydroxylation is 1. The monoisotopic (exact) mass is 289 g/mol. The second kappa shape index (κ2) is 7.78. The van der Waals surface area contributed by atoms with Crippen molar-refractivity contribution in [1.82, 2.24) is 15.5 Å². The molecule has 1 heterocycles. The summed E-state index contributed by atoms with van der Waals surface area (Å²) >= 11 is 0. The molecule has 114 valence electrons. The second-order valence-corrected chi connectivity index (χ2v) is 4.99. The maximum absolute atomic E-state index is 5.72. The van der Waals surface area contributed by atoms with Gasteiger partial charge in [0, 0.05) is 12.5 Å². The molecular formula is C16H23N3O2. The van der Waals surface area contributed by atoms with Crippen molar-refractivity contribution in [2.75, 3.05) is 6.54 Å². The molecule has 0 saturated heterocycles. The molecule has 0 bridgehead atoms. The molecule has 0 saturated carbocycles. The van der Waals surface area contributed by atoms with Crippen LogP contribution in [-0.2, 0) is 13.0 Å². The van der Waals surface area contributed by atoms with E-state index < -0.39 is 0 Å². The molecule has 0 amide bonds. The van der Waals surface area contributed by atoms with Gasteiger partial charge in [-0.3, -0.25) is 0 Å². The Hall–Kier alpha value is -1.88. The molecule has 0 aliphatic carbocycles. The molecule has 1 aromatic carbocycles. The summed E-state index contributed by atoms with van der Waals surface area (Å²) in [6.07, 6.45) is 1.89. The molecule has 0 fully saturated rings. The lowest BCUT2D eigenvalue weighted by Crippen LogP contribution is -2.19. The highest BCUT2D eigenvalue weighted by Crippen LogP contribution is 2.20. The van der Waals surface area contributed by atoms with Crippen LogP contribution in [0.15, 0.2) is 28.8 Å². The van der Waals surface area contributed by atoms with Gasteiger partial charge in [-0.1, -0.05) is 31.1 Å². The minimum absolute atomic E-state index is 0.299. The van der Waals surface area contributed by atoms with Crippen LogP contribution in [0.2, 0.25) is 0 Å². The fraction of sp³-hybridized carbons (Fsp3) is 0.500. The maximum Gasteiger partial charge on any atom is 0.264 e. The summed E-state index contributed by atoms with van der Waals surface area (Å²) in [4.78, 5) is 4.23. The zero-order valence-electron chi connectivity index (χ0n) is 12.9. The minimum Gasteiger partial charge on any atom is -0.484 e. The first-order valence-electron chi connectivity index (χ1n) is 7.50. The quantitative estimate of drug-likeness (QED) is 0.808. The van der Waals surface area contributed by atoms with Crippen LogP contribution in [0.4, 0.5) is 0 Å². The first-order valence-corrected chi connectivity index (χ1v) is 7.50. The molecule has 5 heteroatoms. The number of hydrogen-bond donors (Lipinski definition) is 1. The number of aromatic nitrogens is 2. The van der Waals surface area contributed by atoms with Gasteiger partial charge in [-0.15, -0.1) is 0 Å². The average Bonchev–Trinajstić information content (AvgIpc) is 2.99. The molecule has 21 heavy (non-hydrogen) atoms. The standard InChI is InChI=1S/C16H23N3O2/c1-4-9-17-12(3)13-7-6-8-14(10-13)20-11-16-18-15(5-2)19-21-16/h6-8,10,12,17H,4-5,9,11H2,1-3H3. The van der Waals surface area contributed by atoms with Crippen molar-refractivity contribution >= 4 is 0 Å². The highest BCUT2D eigenvalue weighted by molar-refractivity contribution is 5.30. The van der Waals surface area contributed by atoms with Crippen LogP contribution in [-0.4, -0.2) is 16.7 Å². The predicted molar refractivity (Wildman–Crippen MR) is 81.2 cm³/mol. The van der Waals surface area contributed by atoms with Crippen molar-refractivity contribution in [3.05, 3.63) is 41.5 Å². The van der Waals surface area contributed by atoms with E-state index in [1.807, 2.05) is 25.1 Å². The zero-order chi connectivity index (χ0) is 15.1. The molecule has 0 spiro atoms. The van der Waals surface area contributed by atoms with Crippen LogP contribution < -0.4 is 10.1 Å². The van der Waals surface area contributed by atoms with Crippen molar-refractivity contribution in [3.8, 4) is 5.75 Å². The Morgan fingerprint density at radius 1 is 1.33 bits per heavy atom. The summed E-state index contributed by atoms with van der Waals surface area (Å²) in [7, 11) is 0. The van der Waals surface area contributed by atoms with Crippen molar-refractivity contribution in [2.24, 2.45) is 0 Å². The third-order valence-electron chi connectivity index (χ3n) is 3.25. The predicted octanol–water partition coefficient (Wildman–Crippen LogP) is 3.27. The van der Waals surface area contributed by atoms with E-state index in [0.717, 1.165) is 25.1 Å². The highest BCUT2D eigenvalue weighted by atomic mass is 16.5. The molecule has 0 radical (unpaired) electrons. The van der Waals surface area contributed by atoms with Crippen LogP contribution in [0.3, 0.4) is 0 Å². The Labute approximate surface area is 125 Å². The smallest absolute Gasteiger partial charge is 0.264 e. The summed E-state index contributed by atoms with van der Waals surface area (Å²) in [5.41, 5.74) is 1.21. The Kier molecular flexibility index (Phi) is 5.75. The molecule has 2 rings (SSSR count). The summed E-state index contributed by atoms with van der Waals surface area (Å²) in [5.74, 6) is 2.03. The van der Waals surface area contributed by atoms with Gasteiger partial charge in [0.05, 0.1) is 0 Å². The lowest BCUT2D eigenvalue weighted by molar-refractivity contribution is 0.242. The SMILES string of the molecule is CCCNC(C)c1cccc(OCc2nc(CC)no2)c1. The lowest BCUT2D eigenvalue weighted by Gasteiger charge is -2.14. The third kappa shape index (κ3) is 4.56. The van der Waals surface area contributed by atoms with E-state index in [9.17, 15) is 0 Å². The first-order chi connectivity index (χ1) is 10.2. The lowest BCUT2D eigenvalue weighted by atomic mass is 10.1. The van der Waals surface area contributed by atoms with Gasteiger partial charge in [0.1, 0.15) is 5.75 Å². The number of rotatable bonds is 8. The van der Waals surface area contributed by atoms with Gasteiger partial charge in [-0.25, -0.2) is 0 Å². The van der Waals surface area contributed by atoms with Crippen LogP contribution in [0.1, 0.15) is 50.5 Å². The van der Waals surface area contributed by atoms with Gasteiger partial charge in [-0.2, -0.15) is 4.98 Å². The Morgan fingerprint density at radius 3 is 2.90 bits per heavy atom. The fourth-order valence-corrected chi connectivity index (χ4v) is 1.99. The normalized spacial score (nSPS) is 12.3. The molecule has 5 nitrogen and oxygen atoms in total. The molecule has 1 N–H and O–H groups in total. The second-order valence-electron chi connectivity index (χ2n) is 4.99. The largest absolute Gasteiger partial charge is 0.484 e. The van der Waals surface area contributed by atoms with E-state index in [1.165, 1.54) is 5.56 Å². The Bertz CT molecular complexity index is 554. The first kappa shape index (κ1) is 15.5. The number of benzene rings is 1. The van der Waals surface area contributed by atoms with E-state index in [-0.39, 0.29) is 0 Å². The molecule has 1 atom stereocenters. The van der Waals surface area contributed by atoms with Gasteiger partial charge >= 0.3 is 0 Å². The van der Waals surface area contributed by atoms with Gasteiger partial charge in [0.2, 0.25) is 0 Å². The van der Waals surface area contributed by atoms with Crippen LogP contribution in [0, 0.1) is 0 Å². The fourth-order valence-electron chi connectivity index (χ4n) is 1.99.